The maximum Gasteiger partial charge on any atom is 0.305 e. The van der Waals surface area contributed by atoms with Crippen molar-refractivity contribution >= 4 is 45.4 Å². The van der Waals surface area contributed by atoms with E-state index in [0.717, 1.165) is 22.8 Å². The van der Waals surface area contributed by atoms with Gasteiger partial charge in [-0.2, -0.15) is 0 Å². The van der Waals surface area contributed by atoms with E-state index in [1.807, 2.05) is 0 Å². The second kappa shape index (κ2) is 9.66. The third-order valence-corrected chi connectivity index (χ3v) is 5.71. The fourth-order valence-corrected chi connectivity index (χ4v) is 4.63. The van der Waals surface area contributed by atoms with Gasteiger partial charge in [-0.05, 0) is 30.8 Å². The van der Waals surface area contributed by atoms with Crippen molar-refractivity contribution in [2.24, 2.45) is 0 Å². The Bertz CT molecular complexity index is 196. The van der Waals surface area contributed by atoms with Crippen LogP contribution in [0.1, 0.15) is 32.1 Å². The Morgan fingerprint density at radius 3 is 2.75 bits per heavy atom. The zero-order chi connectivity index (χ0) is 11.6. The number of rotatable bonds is 7. The van der Waals surface area contributed by atoms with Crippen molar-refractivity contribution in [3.63, 3.8) is 0 Å². The number of alkyl halides is 1. The maximum atomic E-state index is 11.2. The van der Waals surface area contributed by atoms with Gasteiger partial charge in [-0.25, -0.2) is 0 Å². The molecule has 0 aromatic heterocycles. The van der Waals surface area contributed by atoms with Gasteiger partial charge in [0, 0.05) is 11.8 Å². The molecule has 1 rings (SSSR count). The minimum absolute atomic E-state index is 0.0524. The number of esters is 1. The first kappa shape index (κ1) is 14.7. The van der Waals surface area contributed by atoms with Crippen LogP contribution >= 0.6 is 39.5 Å². The summed E-state index contributed by atoms with van der Waals surface area (Å²) in [5, 5.41) is 0.730. The summed E-state index contributed by atoms with van der Waals surface area (Å²) in [5.74, 6) is 2.57. The van der Waals surface area contributed by atoms with E-state index in [-0.39, 0.29) is 5.97 Å². The average Bonchev–Trinajstić information content (AvgIpc) is 2.33. The van der Waals surface area contributed by atoms with Crippen molar-refractivity contribution in [1.82, 2.24) is 0 Å². The van der Waals surface area contributed by atoms with Crippen molar-refractivity contribution in [3.8, 4) is 0 Å². The standard InChI is InChI=1S/C11H19BrO2S2/c12-6-7-14-10(13)4-1-2-5-11-15-8-3-9-16-11/h11H,1-9H2. The van der Waals surface area contributed by atoms with E-state index in [9.17, 15) is 4.79 Å². The molecule has 0 amide bonds. The van der Waals surface area contributed by atoms with E-state index in [1.165, 1.54) is 24.3 Å². The van der Waals surface area contributed by atoms with Gasteiger partial charge in [-0.1, -0.05) is 22.4 Å². The Balaban J connectivity index is 1.92. The van der Waals surface area contributed by atoms with Crippen LogP contribution in [-0.4, -0.2) is 34.0 Å². The number of hydrogen-bond acceptors (Lipinski definition) is 4. The van der Waals surface area contributed by atoms with Gasteiger partial charge in [0.2, 0.25) is 0 Å². The normalized spacial score (nSPS) is 17.3. The molecule has 0 unspecified atom stereocenters. The van der Waals surface area contributed by atoms with Crippen molar-refractivity contribution in [2.45, 2.75) is 36.7 Å². The number of carbonyl (C=O) groups excluding carboxylic acids is 1. The monoisotopic (exact) mass is 326 g/mol. The van der Waals surface area contributed by atoms with Crippen LogP contribution in [0.25, 0.3) is 0 Å². The van der Waals surface area contributed by atoms with Crippen LogP contribution in [0.4, 0.5) is 0 Å². The minimum atomic E-state index is -0.0524. The lowest BCUT2D eigenvalue weighted by atomic mass is 10.2. The molecule has 16 heavy (non-hydrogen) atoms. The molecule has 0 spiro atoms. The Labute approximate surface area is 115 Å². The lowest BCUT2D eigenvalue weighted by molar-refractivity contribution is -0.143. The summed E-state index contributed by atoms with van der Waals surface area (Å²) < 4.78 is 5.76. The first-order valence-electron chi connectivity index (χ1n) is 5.77. The van der Waals surface area contributed by atoms with Crippen LogP contribution in [-0.2, 0) is 9.53 Å². The molecule has 1 heterocycles. The molecular weight excluding hydrogens is 308 g/mol. The molecule has 1 aliphatic heterocycles. The lowest BCUT2D eigenvalue weighted by Gasteiger charge is -2.20. The van der Waals surface area contributed by atoms with Gasteiger partial charge in [-0.15, -0.1) is 23.5 Å². The van der Waals surface area contributed by atoms with E-state index in [4.69, 9.17) is 4.74 Å². The van der Waals surface area contributed by atoms with E-state index < -0.39 is 0 Å². The summed E-state index contributed by atoms with van der Waals surface area (Å²) in [7, 11) is 0. The first-order valence-corrected chi connectivity index (χ1v) is 8.99. The highest BCUT2D eigenvalue weighted by molar-refractivity contribution is 9.09. The van der Waals surface area contributed by atoms with Gasteiger partial charge >= 0.3 is 5.97 Å². The summed E-state index contributed by atoms with van der Waals surface area (Å²) >= 11 is 7.38. The van der Waals surface area contributed by atoms with Crippen molar-refractivity contribution in [2.75, 3.05) is 23.4 Å². The van der Waals surface area contributed by atoms with E-state index >= 15 is 0 Å². The molecule has 1 fully saturated rings. The van der Waals surface area contributed by atoms with Crippen LogP contribution in [0.3, 0.4) is 0 Å². The van der Waals surface area contributed by atoms with Gasteiger partial charge in [0.15, 0.2) is 0 Å². The summed E-state index contributed by atoms with van der Waals surface area (Å²) in [6, 6.07) is 0. The fraction of sp³-hybridized carbons (Fsp3) is 0.909. The van der Waals surface area contributed by atoms with Crippen LogP contribution in [0.15, 0.2) is 0 Å². The van der Waals surface area contributed by atoms with E-state index in [0.29, 0.717) is 13.0 Å². The molecule has 5 heteroatoms. The first-order chi connectivity index (χ1) is 7.83. The molecule has 0 aliphatic carbocycles. The van der Waals surface area contributed by atoms with Gasteiger partial charge < -0.3 is 4.74 Å². The Morgan fingerprint density at radius 1 is 1.31 bits per heavy atom. The predicted molar refractivity (Wildman–Crippen MR) is 76.5 cm³/mol. The predicted octanol–water partition coefficient (Wildman–Crippen LogP) is 3.68. The van der Waals surface area contributed by atoms with Crippen molar-refractivity contribution in [1.29, 1.82) is 0 Å². The highest BCUT2D eigenvalue weighted by atomic mass is 79.9. The molecule has 1 aliphatic rings. The summed E-state index contributed by atoms with van der Waals surface area (Å²) in [4.78, 5) is 11.2. The minimum Gasteiger partial charge on any atom is -0.465 e. The summed E-state index contributed by atoms with van der Waals surface area (Å²) in [6.45, 7) is 0.493. The highest BCUT2D eigenvalue weighted by Gasteiger charge is 2.13. The average molecular weight is 327 g/mol. The molecule has 0 saturated carbocycles. The molecule has 0 bridgehead atoms. The topological polar surface area (TPSA) is 26.3 Å². The molecule has 0 atom stereocenters. The maximum absolute atomic E-state index is 11.2. The van der Waals surface area contributed by atoms with Crippen LogP contribution in [0, 0.1) is 0 Å². The van der Waals surface area contributed by atoms with E-state index in [1.54, 1.807) is 0 Å². The summed E-state index contributed by atoms with van der Waals surface area (Å²) in [5.41, 5.74) is 0. The third-order valence-electron chi connectivity index (χ3n) is 2.31. The molecule has 0 aromatic carbocycles. The van der Waals surface area contributed by atoms with Crippen LogP contribution in [0.2, 0.25) is 0 Å². The van der Waals surface area contributed by atoms with Gasteiger partial charge in [0.1, 0.15) is 6.61 Å². The van der Waals surface area contributed by atoms with Gasteiger partial charge in [0.25, 0.3) is 0 Å². The quantitative estimate of drug-likeness (QED) is 0.405. The molecule has 0 aromatic rings. The highest BCUT2D eigenvalue weighted by Crippen LogP contribution is 2.33. The third kappa shape index (κ3) is 7.07. The number of halogens is 1. The largest absolute Gasteiger partial charge is 0.465 e. The van der Waals surface area contributed by atoms with E-state index in [2.05, 4.69) is 39.5 Å². The molecule has 94 valence electrons. The summed E-state index contributed by atoms with van der Waals surface area (Å²) in [6.07, 6.45) is 5.29. The Morgan fingerprint density at radius 2 is 2.06 bits per heavy atom. The molecule has 2 nitrogen and oxygen atoms in total. The number of hydrogen-bond donors (Lipinski definition) is 0. The SMILES string of the molecule is O=C(CCCCC1SCCCS1)OCCBr. The lowest BCUT2D eigenvalue weighted by Crippen LogP contribution is -2.08. The molecule has 0 radical (unpaired) electrons. The Hall–Kier alpha value is 0.650. The van der Waals surface area contributed by atoms with Gasteiger partial charge in [-0.3, -0.25) is 4.79 Å². The second-order valence-electron chi connectivity index (χ2n) is 3.68. The van der Waals surface area contributed by atoms with Crippen molar-refractivity contribution < 1.29 is 9.53 Å². The van der Waals surface area contributed by atoms with Crippen LogP contribution in [0.5, 0.6) is 0 Å². The molecular formula is C11H19BrO2S2. The number of ether oxygens (including phenoxy) is 1. The van der Waals surface area contributed by atoms with Crippen molar-refractivity contribution in [3.05, 3.63) is 0 Å². The molecule has 0 N–H and O–H groups in total. The second-order valence-corrected chi connectivity index (χ2v) is 7.39. The zero-order valence-electron chi connectivity index (χ0n) is 9.45. The van der Waals surface area contributed by atoms with Crippen LogP contribution < -0.4 is 0 Å². The zero-order valence-corrected chi connectivity index (χ0v) is 12.7. The fourth-order valence-electron chi connectivity index (χ4n) is 1.51. The Kier molecular flexibility index (Phi) is 8.88. The number of carbonyl (C=O) groups is 1. The number of thioether (sulfide) groups is 2. The smallest absolute Gasteiger partial charge is 0.305 e. The number of unbranched alkanes of at least 4 members (excludes halogenated alkanes) is 1. The molecule has 1 saturated heterocycles. The van der Waals surface area contributed by atoms with Gasteiger partial charge in [0.05, 0.1) is 4.58 Å².